The number of ether oxygens (including phenoxy) is 1. The van der Waals surface area contributed by atoms with Crippen LogP contribution in [-0.2, 0) is 6.42 Å². The quantitative estimate of drug-likeness (QED) is 0.235. The predicted molar refractivity (Wildman–Crippen MR) is 153 cm³/mol. The number of nitrogens with two attached hydrogens (primary N) is 1. The number of likely N-dealkylation sites (N-methyl/N-ethyl adjacent to an activating group) is 1. The second-order valence-electron chi connectivity index (χ2n) is 9.50. The number of anilines is 2. The zero-order valence-electron chi connectivity index (χ0n) is 21.9. The first-order valence-corrected chi connectivity index (χ1v) is 13.2. The molecular formula is C28H31Cl2N7O. The Bertz CT molecular complexity index is 1390. The fourth-order valence-corrected chi connectivity index (χ4v) is 5.45. The fraction of sp³-hybridized carbons (Fsp3) is 0.357. The van der Waals surface area contributed by atoms with Crippen LogP contribution in [0.3, 0.4) is 0 Å². The third kappa shape index (κ3) is 5.14. The Balaban J connectivity index is 1.64. The fourth-order valence-electron chi connectivity index (χ4n) is 4.78. The van der Waals surface area contributed by atoms with Gasteiger partial charge in [-0.25, -0.2) is 4.98 Å². The van der Waals surface area contributed by atoms with Gasteiger partial charge in [0.25, 0.3) is 0 Å². The molecule has 198 valence electrons. The lowest BCUT2D eigenvalue weighted by Gasteiger charge is -2.50. The van der Waals surface area contributed by atoms with Crippen LogP contribution in [0.15, 0.2) is 36.8 Å². The van der Waals surface area contributed by atoms with Gasteiger partial charge in [-0.15, -0.1) is 0 Å². The van der Waals surface area contributed by atoms with Gasteiger partial charge in [-0.3, -0.25) is 10.4 Å². The van der Waals surface area contributed by atoms with E-state index in [1.54, 1.807) is 18.3 Å². The molecule has 0 unspecified atom stereocenters. The summed E-state index contributed by atoms with van der Waals surface area (Å²) in [6, 6.07) is 7.52. The van der Waals surface area contributed by atoms with Crippen LogP contribution < -0.4 is 20.7 Å². The molecule has 1 aliphatic heterocycles. The van der Waals surface area contributed by atoms with E-state index in [-0.39, 0.29) is 11.3 Å². The number of nitrogens with one attached hydrogen (secondary N) is 2. The topological polar surface area (TPSA) is 124 Å². The number of benzene rings is 1. The lowest BCUT2D eigenvalue weighted by atomic mass is 9.87. The maximum atomic E-state index is 9.85. The summed E-state index contributed by atoms with van der Waals surface area (Å²) in [5.74, 6) is 1.20. The molecule has 0 aliphatic carbocycles. The van der Waals surface area contributed by atoms with E-state index < -0.39 is 6.10 Å². The minimum absolute atomic E-state index is 0.0352. The number of nitriles is 1. The molecule has 0 bridgehead atoms. The average Bonchev–Trinajstić information content (AvgIpc) is 2.89. The van der Waals surface area contributed by atoms with E-state index in [0.29, 0.717) is 56.0 Å². The largest absolute Gasteiger partial charge is 0.486 e. The molecule has 0 saturated carbocycles. The van der Waals surface area contributed by atoms with Gasteiger partial charge in [-0.1, -0.05) is 37.0 Å². The number of hydrogen-bond acceptors (Lipinski definition) is 8. The number of pyridine rings is 2. The first-order chi connectivity index (χ1) is 18.2. The standard InChI is InChI=1S/C28H31Cl2N7O/c1-5-17-8-23(32)20(9-24(17)38-16(3)25-21(29)12-35-13-22(25)30)26(33)19-7-18(10-31)27(36-11-19)37-14-28(6-2,15-37)34-4/h7-9,11-13,16,33-34H,5-6,14-15,32H2,1-4H3/t16-/m1/s1. The molecule has 2 aromatic heterocycles. The molecule has 0 radical (unpaired) electrons. The lowest BCUT2D eigenvalue weighted by molar-refractivity contribution is 0.225. The Hall–Kier alpha value is -3.38. The number of rotatable bonds is 9. The lowest BCUT2D eigenvalue weighted by Crippen LogP contribution is -2.68. The van der Waals surface area contributed by atoms with Gasteiger partial charge in [-0.05, 0) is 50.6 Å². The van der Waals surface area contributed by atoms with Gasteiger partial charge in [0.15, 0.2) is 0 Å². The molecule has 8 nitrogen and oxygen atoms in total. The van der Waals surface area contributed by atoms with Crippen molar-refractivity contribution in [3.05, 3.63) is 74.7 Å². The average molecular weight is 553 g/mol. The van der Waals surface area contributed by atoms with E-state index in [1.165, 1.54) is 12.4 Å². The van der Waals surface area contributed by atoms with Crippen molar-refractivity contribution >= 4 is 40.4 Å². The van der Waals surface area contributed by atoms with Crippen LogP contribution >= 0.6 is 23.2 Å². The molecule has 10 heteroatoms. The zero-order chi connectivity index (χ0) is 27.6. The Morgan fingerprint density at radius 2 is 1.92 bits per heavy atom. The molecule has 1 aromatic carbocycles. The SMILES string of the molecule is CCc1cc(N)c(C(=N)c2cnc(N3CC(CC)(NC)C3)c(C#N)c2)cc1O[C@H](C)c1c(Cl)cncc1Cl. The van der Waals surface area contributed by atoms with Crippen LogP contribution in [0, 0.1) is 16.7 Å². The summed E-state index contributed by atoms with van der Waals surface area (Å²) in [5.41, 5.74) is 9.94. The minimum atomic E-state index is -0.468. The van der Waals surface area contributed by atoms with Crippen molar-refractivity contribution in [2.45, 2.75) is 45.3 Å². The van der Waals surface area contributed by atoms with Gasteiger partial charge in [0, 0.05) is 54.1 Å². The van der Waals surface area contributed by atoms with E-state index in [4.69, 9.17) is 39.1 Å². The van der Waals surface area contributed by atoms with E-state index in [0.717, 1.165) is 25.1 Å². The zero-order valence-corrected chi connectivity index (χ0v) is 23.4. The number of nitrogens with zero attached hydrogens (tertiary/aromatic N) is 4. The molecular weight excluding hydrogens is 521 g/mol. The third-order valence-corrected chi connectivity index (χ3v) is 7.86. The van der Waals surface area contributed by atoms with E-state index in [2.05, 4.69) is 33.2 Å². The molecule has 3 aromatic rings. The number of nitrogen functional groups attached to an aromatic ring is 1. The molecule has 4 N–H and O–H groups in total. The van der Waals surface area contributed by atoms with Crippen LogP contribution in [-0.4, -0.2) is 41.4 Å². The van der Waals surface area contributed by atoms with Crippen molar-refractivity contribution < 1.29 is 4.74 Å². The molecule has 4 rings (SSSR count). The highest BCUT2D eigenvalue weighted by atomic mass is 35.5. The van der Waals surface area contributed by atoms with E-state index in [9.17, 15) is 5.26 Å². The molecule has 1 fully saturated rings. The summed E-state index contributed by atoms with van der Waals surface area (Å²) in [4.78, 5) is 10.7. The Morgan fingerprint density at radius 3 is 2.50 bits per heavy atom. The maximum absolute atomic E-state index is 9.85. The Kier molecular flexibility index (Phi) is 8.12. The van der Waals surface area contributed by atoms with Crippen molar-refractivity contribution in [3.8, 4) is 11.8 Å². The summed E-state index contributed by atoms with van der Waals surface area (Å²) >= 11 is 12.7. The van der Waals surface area contributed by atoms with Crippen molar-refractivity contribution in [2.75, 3.05) is 30.8 Å². The van der Waals surface area contributed by atoms with E-state index in [1.807, 2.05) is 27.0 Å². The highest BCUT2D eigenvalue weighted by Crippen LogP contribution is 2.36. The second kappa shape index (κ2) is 11.2. The van der Waals surface area contributed by atoms with Crippen LogP contribution in [0.4, 0.5) is 11.5 Å². The van der Waals surface area contributed by atoms with Crippen LogP contribution in [0.25, 0.3) is 0 Å². The molecule has 1 saturated heterocycles. The summed E-state index contributed by atoms with van der Waals surface area (Å²) < 4.78 is 6.29. The van der Waals surface area contributed by atoms with Gasteiger partial charge in [0.05, 0.1) is 26.9 Å². The van der Waals surface area contributed by atoms with Crippen LogP contribution in [0.1, 0.15) is 61.1 Å². The second-order valence-corrected chi connectivity index (χ2v) is 10.3. The number of aryl methyl sites for hydroxylation is 1. The van der Waals surface area contributed by atoms with Gasteiger partial charge in [0.2, 0.25) is 0 Å². The predicted octanol–water partition coefficient (Wildman–Crippen LogP) is 5.54. The Labute approximate surface area is 233 Å². The van der Waals surface area contributed by atoms with Crippen molar-refractivity contribution in [1.82, 2.24) is 15.3 Å². The Morgan fingerprint density at radius 1 is 1.24 bits per heavy atom. The first-order valence-electron chi connectivity index (χ1n) is 12.5. The monoisotopic (exact) mass is 551 g/mol. The summed E-state index contributed by atoms with van der Waals surface area (Å²) in [7, 11) is 1.96. The van der Waals surface area contributed by atoms with Crippen LogP contribution in [0.5, 0.6) is 5.75 Å². The minimum Gasteiger partial charge on any atom is -0.486 e. The van der Waals surface area contributed by atoms with Gasteiger partial charge in [0.1, 0.15) is 23.7 Å². The summed E-state index contributed by atoms with van der Waals surface area (Å²) in [6.07, 6.45) is 5.87. The highest BCUT2D eigenvalue weighted by Gasteiger charge is 2.41. The third-order valence-electron chi connectivity index (χ3n) is 7.25. The molecule has 1 aliphatic rings. The van der Waals surface area contributed by atoms with Gasteiger partial charge < -0.3 is 20.7 Å². The number of aromatic nitrogens is 2. The smallest absolute Gasteiger partial charge is 0.146 e. The molecule has 1 atom stereocenters. The summed E-state index contributed by atoms with van der Waals surface area (Å²) in [6.45, 7) is 7.54. The number of halogens is 2. The number of hydrogen-bond donors (Lipinski definition) is 3. The maximum Gasteiger partial charge on any atom is 0.146 e. The van der Waals surface area contributed by atoms with Crippen LogP contribution in [0.2, 0.25) is 10.0 Å². The van der Waals surface area contributed by atoms with Gasteiger partial charge >= 0.3 is 0 Å². The molecule has 0 spiro atoms. The summed E-state index contributed by atoms with van der Waals surface area (Å²) in [5, 5.41) is 23.0. The normalized spacial score (nSPS) is 14.9. The molecule has 38 heavy (non-hydrogen) atoms. The van der Waals surface area contributed by atoms with Crippen molar-refractivity contribution in [1.29, 1.82) is 10.7 Å². The molecule has 0 amide bonds. The van der Waals surface area contributed by atoms with Crippen molar-refractivity contribution in [3.63, 3.8) is 0 Å². The van der Waals surface area contributed by atoms with Gasteiger partial charge in [-0.2, -0.15) is 5.26 Å². The molecule has 3 heterocycles. The first kappa shape index (κ1) is 27.6. The highest BCUT2D eigenvalue weighted by molar-refractivity contribution is 6.35. The van der Waals surface area contributed by atoms with Crippen molar-refractivity contribution in [2.24, 2.45) is 0 Å². The van der Waals surface area contributed by atoms with E-state index >= 15 is 0 Å².